The number of likely N-dealkylation sites (tertiary alicyclic amines) is 1. The normalized spacial score (nSPS) is 28.0. The number of hydrogen-bond acceptors (Lipinski definition) is 2. The minimum Gasteiger partial charge on any atom is -0.481 e. The molecular formula is C14H23NO3. The highest BCUT2D eigenvalue weighted by molar-refractivity contribution is 5.84. The van der Waals surface area contributed by atoms with Crippen molar-refractivity contribution in [1.82, 2.24) is 4.90 Å². The highest BCUT2D eigenvalue weighted by atomic mass is 16.4. The molecule has 1 aliphatic carbocycles. The molecule has 1 saturated heterocycles. The van der Waals surface area contributed by atoms with Gasteiger partial charge in [0.05, 0.1) is 5.41 Å². The molecule has 0 aromatic rings. The standard InChI is InChI=1S/C14H23NO3/c1-14(2,13(17)18)9-12(16)15-8-7-10-5-3-4-6-11(10)15/h10-11H,3-9H2,1-2H3,(H,17,18). The monoisotopic (exact) mass is 253 g/mol. The van der Waals surface area contributed by atoms with E-state index in [-0.39, 0.29) is 12.3 Å². The van der Waals surface area contributed by atoms with Crippen molar-refractivity contribution in [3.8, 4) is 0 Å². The average molecular weight is 253 g/mol. The van der Waals surface area contributed by atoms with E-state index in [0.717, 1.165) is 19.4 Å². The van der Waals surface area contributed by atoms with E-state index in [9.17, 15) is 9.59 Å². The predicted octanol–water partition coefficient (Wildman–Crippen LogP) is 2.28. The molecule has 1 amide bonds. The van der Waals surface area contributed by atoms with Gasteiger partial charge in [0, 0.05) is 19.0 Å². The number of carboxylic acid groups (broad SMARTS) is 1. The molecule has 4 heteroatoms. The summed E-state index contributed by atoms with van der Waals surface area (Å²) in [7, 11) is 0. The lowest BCUT2D eigenvalue weighted by Crippen LogP contribution is -2.42. The zero-order chi connectivity index (χ0) is 13.3. The summed E-state index contributed by atoms with van der Waals surface area (Å²) in [4.78, 5) is 25.3. The minimum absolute atomic E-state index is 0.0248. The van der Waals surface area contributed by atoms with Crippen molar-refractivity contribution in [3.05, 3.63) is 0 Å². The molecule has 1 saturated carbocycles. The fourth-order valence-corrected chi connectivity index (χ4v) is 3.27. The molecule has 2 fully saturated rings. The zero-order valence-electron chi connectivity index (χ0n) is 11.3. The maximum Gasteiger partial charge on any atom is 0.309 e. The average Bonchev–Trinajstić information content (AvgIpc) is 2.71. The van der Waals surface area contributed by atoms with E-state index in [0.29, 0.717) is 12.0 Å². The van der Waals surface area contributed by atoms with Crippen LogP contribution in [-0.2, 0) is 9.59 Å². The molecule has 0 spiro atoms. The Kier molecular flexibility index (Phi) is 3.64. The number of carboxylic acids is 1. The molecule has 102 valence electrons. The number of hydrogen-bond donors (Lipinski definition) is 1. The summed E-state index contributed by atoms with van der Waals surface area (Å²) in [6.45, 7) is 4.08. The fourth-order valence-electron chi connectivity index (χ4n) is 3.27. The first-order valence-corrected chi connectivity index (χ1v) is 6.95. The van der Waals surface area contributed by atoms with Crippen LogP contribution in [0.2, 0.25) is 0 Å². The van der Waals surface area contributed by atoms with Gasteiger partial charge in [-0.05, 0) is 39.0 Å². The van der Waals surface area contributed by atoms with E-state index >= 15 is 0 Å². The first-order valence-electron chi connectivity index (χ1n) is 6.95. The smallest absolute Gasteiger partial charge is 0.309 e. The Hall–Kier alpha value is -1.06. The Labute approximate surface area is 108 Å². The molecule has 0 bridgehead atoms. The van der Waals surface area contributed by atoms with Gasteiger partial charge in [-0.3, -0.25) is 9.59 Å². The van der Waals surface area contributed by atoms with Crippen LogP contribution >= 0.6 is 0 Å². The minimum atomic E-state index is -0.955. The summed E-state index contributed by atoms with van der Waals surface area (Å²) in [5.41, 5.74) is -0.955. The maximum absolute atomic E-state index is 12.3. The number of rotatable bonds is 3. The molecule has 1 N–H and O–H groups in total. The van der Waals surface area contributed by atoms with E-state index in [1.54, 1.807) is 13.8 Å². The van der Waals surface area contributed by atoms with Crippen LogP contribution in [0.15, 0.2) is 0 Å². The van der Waals surface area contributed by atoms with Crippen molar-refractivity contribution >= 4 is 11.9 Å². The highest BCUT2D eigenvalue weighted by Crippen LogP contribution is 2.37. The van der Waals surface area contributed by atoms with Gasteiger partial charge in [0.25, 0.3) is 0 Å². The second kappa shape index (κ2) is 4.90. The van der Waals surface area contributed by atoms with Crippen LogP contribution in [0, 0.1) is 11.3 Å². The number of fused-ring (bicyclic) bond motifs is 1. The third-order valence-corrected chi connectivity index (χ3v) is 4.50. The molecule has 18 heavy (non-hydrogen) atoms. The Morgan fingerprint density at radius 3 is 2.56 bits per heavy atom. The number of carbonyl (C=O) groups excluding carboxylic acids is 1. The van der Waals surface area contributed by atoms with Crippen LogP contribution in [0.5, 0.6) is 0 Å². The number of amides is 1. The van der Waals surface area contributed by atoms with Crippen LogP contribution in [0.4, 0.5) is 0 Å². The Morgan fingerprint density at radius 1 is 1.22 bits per heavy atom. The van der Waals surface area contributed by atoms with Crippen molar-refractivity contribution in [1.29, 1.82) is 0 Å². The molecule has 2 atom stereocenters. The van der Waals surface area contributed by atoms with Gasteiger partial charge >= 0.3 is 5.97 Å². The molecule has 2 unspecified atom stereocenters. The number of aliphatic carboxylic acids is 1. The third-order valence-electron chi connectivity index (χ3n) is 4.50. The summed E-state index contributed by atoms with van der Waals surface area (Å²) in [5, 5.41) is 9.09. The molecule has 2 aliphatic rings. The van der Waals surface area contributed by atoms with Crippen molar-refractivity contribution in [2.75, 3.05) is 6.54 Å². The quantitative estimate of drug-likeness (QED) is 0.839. The summed E-state index contributed by atoms with van der Waals surface area (Å²) >= 11 is 0. The summed E-state index contributed by atoms with van der Waals surface area (Å²) in [6, 6.07) is 0.385. The van der Waals surface area contributed by atoms with Gasteiger partial charge in [-0.1, -0.05) is 12.8 Å². The lowest BCUT2D eigenvalue weighted by molar-refractivity contribution is -0.151. The SMILES string of the molecule is CC(C)(CC(=O)N1CCC2CCCCC21)C(=O)O. The van der Waals surface area contributed by atoms with Gasteiger partial charge in [-0.2, -0.15) is 0 Å². The van der Waals surface area contributed by atoms with Gasteiger partial charge in [-0.15, -0.1) is 0 Å². The van der Waals surface area contributed by atoms with E-state index in [4.69, 9.17) is 5.11 Å². The Bertz CT molecular complexity index is 351. The summed E-state index contributed by atoms with van der Waals surface area (Å²) < 4.78 is 0. The Balaban J connectivity index is 1.99. The van der Waals surface area contributed by atoms with Gasteiger partial charge < -0.3 is 10.0 Å². The summed E-state index contributed by atoms with van der Waals surface area (Å²) in [5.74, 6) is -0.206. The van der Waals surface area contributed by atoms with Gasteiger partial charge in [0.15, 0.2) is 0 Å². The first-order chi connectivity index (χ1) is 8.42. The van der Waals surface area contributed by atoms with Crippen LogP contribution in [0.3, 0.4) is 0 Å². The second-order valence-corrected chi connectivity index (χ2v) is 6.35. The van der Waals surface area contributed by atoms with Gasteiger partial charge in [-0.25, -0.2) is 0 Å². The fraction of sp³-hybridized carbons (Fsp3) is 0.857. The first kappa shape index (κ1) is 13.4. The molecule has 0 radical (unpaired) electrons. The third kappa shape index (κ3) is 2.52. The van der Waals surface area contributed by atoms with Crippen molar-refractivity contribution in [2.45, 2.75) is 58.4 Å². The van der Waals surface area contributed by atoms with Crippen molar-refractivity contribution in [2.24, 2.45) is 11.3 Å². The molecule has 1 aliphatic heterocycles. The molecule has 0 aromatic heterocycles. The van der Waals surface area contributed by atoms with E-state index < -0.39 is 11.4 Å². The maximum atomic E-state index is 12.3. The number of nitrogens with zero attached hydrogens (tertiary/aromatic N) is 1. The molecule has 2 rings (SSSR count). The largest absolute Gasteiger partial charge is 0.481 e. The predicted molar refractivity (Wildman–Crippen MR) is 68.1 cm³/mol. The zero-order valence-corrected chi connectivity index (χ0v) is 11.3. The van der Waals surface area contributed by atoms with Crippen LogP contribution in [0.25, 0.3) is 0 Å². The molecule has 4 nitrogen and oxygen atoms in total. The van der Waals surface area contributed by atoms with E-state index in [1.165, 1.54) is 19.3 Å². The Morgan fingerprint density at radius 2 is 1.89 bits per heavy atom. The topological polar surface area (TPSA) is 57.6 Å². The molecule has 1 heterocycles. The van der Waals surface area contributed by atoms with Crippen LogP contribution in [-0.4, -0.2) is 34.5 Å². The number of carbonyl (C=O) groups is 2. The van der Waals surface area contributed by atoms with Gasteiger partial charge in [0.1, 0.15) is 0 Å². The van der Waals surface area contributed by atoms with E-state index in [2.05, 4.69) is 0 Å². The molecular weight excluding hydrogens is 230 g/mol. The summed E-state index contributed by atoms with van der Waals surface area (Å²) in [6.07, 6.45) is 6.03. The highest BCUT2D eigenvalue weighted by Gasteiger charge is 2.40. The lowest BCUT2D eigenvalue weighted by Gasteiger charge is -2.33. The van der Waals surface area contributed by atoms with Crippen LogP contribution in [0.1, 0.15) is 52.4 Å². The van der Waals surface area contributed by atoms with Crippen LogP contribution < -0.4 is 0 Å². The molecule has 0 aromatic carbocycles. The lowest BCUT2D eigenvalue weighted by atomic mass is 9.84. The second-order valence-electron chi connectivity index (χ2n) is 6.35. The van der Waals surface area contributed by atoms with Gasteiger partial charge in [0.2, 0.25) is 5.91 Å². The van der Waals surface area contributed by atoms with Crippen molar-refractivity contribution in [3.63, 3.8) is 0 Å². The van der Waals surface area contributed by atoms with Crippen molar-refractivity contribution < 1.29 is 14.7 Å². The van der Waals surface area contributed by atoms with E-state index in [1.807, 2.05) is 4.90 Å².